The normalized spacial score (nSPS) is 17.4. The summed E-state index contributed by atoms with van der Waals surface area (Å²) in [5.41, 5.74) is 0.696. The monoisotopic (exact) mass is 476 g/mol. The number of carbonyl (C=O) groups excluding carboxylic acids is 1. The molecule has 0 aliphatic carbocycles. The lowest BCUT2D eigenvalue weighted by molar-refractivity contribution is -0.142. The van der Waals surface area contributed by atoms with Crippen molar-refractivity contribution < 1.29 is 32.6 Å². The lowest BCUT2D eigenvalue weighted by Crippen LogP contribution is -2.51. The van der Waals surface area contributed by atoms with E-state index in [0.29, 0.717) is 37.4 Å². The van der Waals surface area contributed by atoms with Crippen LogP contribution < -0.4 is 10.1 Å². The lowest BCUT2D eigenvalue weighted by Gasteiger charge is -2.25. The highest BCUT2D eigenvalue weighted by molar-refractivity contribution is 7.89. The number of methoxy groups -OCH3 is 1. The van der Waals surface area contributed by atoms with Crippen molar-refractivity contribution in [2.24, 2.45) is 0 Å². The van der Waals surface area contributed by atoms with Crippen LogP contribution in [0, 0.1) is 0 Å². The number of sulfonamides is 1. The predicted octanol–water partition coefficient (Wildman–Crippen LogP) is 1.68. The first kappa shape index (κ1) is 24.7. The Bertz CT molecular complexity index is 1040. The van der Waals surface area contributed by atoms with Gasteiger partial charge in [0.2, 0.25) is 15.9 Å². The first-order valence-electron chi connectivity index (χ1n) is 10.6. The number of hydrogen-bond donors (Lipinski definition) is 2. The molecule has 1 aliphatic heterocycles. The van der Waals surface area contributed by atoms with E-state index < -0.39 is 34.0 Å². The van der Waals surface area contributed by atoms with Crippen LogP contribution in [0.1, 0.15) is 18.4 Å². The number of ether oxygens (including phenoxy) is 2. The van der Waals surface area contributed by atoms with Crippen molar-refractivity contribution in [1.82, 2.24) is 9.62 Å². The minimum atomic E-state index is -3.86. The molecule has 2 N–H and O–H groups in total. The molecule has 1 aliphatic rings. The maximum atomic E-state index is 13.0. The van der Waals surface area contributed by atoms with Gasteiger partial charge in [-0.3, -0.25) is 4.79 Å². The van der Waals surface area contributed by atoms with Gasteiger partial charge >= 0.3 is 5.97 Å². The van der Waals surface area contributed by atoms with Crippen molar-refractivity contribution in [3.63, 3.8) is 0 Å². The number of amides is 1. The van der Waals surface area contributed by atoms with Crippen LogP contribution in [0.15, 0.2) is 59.5 Å². The zero-order valence-electron chi connectivity index (χ0n) is 18.3. The lowest BCUT2D eigenvalue weighted by atomic mass is 10.1. The van der Waals surface area contributed by atoms with E-state index in [9.17, 15) is 23.1 Å². The van der Waals surface area contributed by atoms with Crippen LogP contribution in [-0.4, -0.2) is 68.7 Å². The predicted molar refractivity (Wildman–Crippen MR) is 120 cm³/mol. The third-order valence-electron chi connectivity index (χ3n) is 5.39. The molecule has 178 valence electrons. The van der Waals surface area contributed by atoms with Crippen LogP contribution in [0.25, 0.3) is 0 Å². The van der Waals surface area contributed by atoms with Crippen LogP contribution in [0.2, 0.25) is 0 Å². The zero-order chi connectivity index (χ0) is 23.8. The Hall–Kier alpha value is -2.95. The van der Waals surface area contributed by atoms with Crippen molar-refractivity contribution in [1.29, 1.82) is 0 Å². The molecule has 0 spiro atoms. The van der Waals surface area contributed by atoms with Gasteiger partial charge in [0.05, 0.1) is 11.5 Å². The van der Waals surface area contributed by atoms with Gasteiger partial charge in [-0.25, -0.2) is 13.2 Å². The number of carboxylic acid groups (broad SMARTS) is 1. The summed E-state index contributed by atoms with van der Waals surface area (Å²) in [6, 6.07) is 12.7. The summed E-state index contributed by atoms with van der Waals surface area (Å²) in [5, 5.41) is 12.2. The van der Waals surface area contributed by atoms with Crippen molar-refractivity contribution in [2.75, 3.05) is 26.9 Å². The topological polar surface area (TPSA) is 122 Å². The second-order valence-electron chi connectivity index (χ2n) is 7.68. The Morgan fingerprint density at radius 1 is 1.12 bits per heavy atom. The van der Waals surface area contributed by atoms with Gasteiger partial charge in [-0.1, -0.05) is 30.3 Å². The standard InChI is InChI=1S/C23H28N2O7S/c1-31-14-15-32-18-11-9-17(10-12-18)16-20(23(27)28)24-22(26)21-8-5-13-25(21)33(29,30)19-6-3-2-4-7-19/h2-4,6-7,9-12,20-21H,5,8,13-16H2,1H3,(H,24,26)(H,27,28)/t20-,21-/m0/s1. The van der Waals surface area contributed by atoms with Crippen LogP contribution in [-0.2, 0) is 30.8 Å². The summed E-state index contributed by atoms with van der Waals surface area (Å²) in [5.74, 6) is -1.18. The quantitative estimate of drug-likeness (QED) is 0.473. The molecule has 0 bridgehead atoms. The number of carboxylic acids is 1. The van der Waals surface area contributed by atoms with Crippen molar-refractivity contribution >= 4 is 21.9 Å². The SMILES string of the molecule is COCCOc1ccc(C[C@H](NC(=O)[C@@H]2CCCN2S(=O)(=O)c2ccccc2)C(=O)O)cc1. The Morgan fingerprint density at radius 2 is 1.82 bits per heavy atom. The molecular formula is C23H28N2O7S. The summed E-state index contributed by atoms with van der Waals surface area (Å²) in [6.45, 7) is 1.05. The molecule has 0 radical (unpaired) electrons. The molecule has 0 saturated carbocycles. The van der Waals surface area contributed by atoms with Crippen molar-refractivity contribution in [2.45, 2.75) is 36.2 Å². The van der Waals surface area contributed by atoms with E-state index in [0.717, 1.165) is 4.31 Å². The van der Waals surface area contributed by atoms with E-state index >= 15 is 0 Å². The molecule has 1 fully saturated rings. The Balaban J connectivity index is 1.67. The van der Waals surface area contributed by atoms with Gasteiger partial charge in [0.1, 0.15) is 24.4 Å². The van der Waals surface area contributed by atoms with Gasteiger partial charge in [-0.15, -0.1) is 0 Å². The number of nitrogens with one attached hydrogen (secondary N) is 1. The van der Waals surface area contributed by atoms with Crippen molar-refractivity contribution in [3.8, 4) is 5.75 Å². The highest BCUT2D eigenvalue weighted by Gasteiger charge is 2.40. The highest BCUT2D eigenvalue weighted by Crippen LogP contribution is 2.26. The molecule has 1 heterocycles. The van der Waals surface area contributed by atoms with Crippen molar-refractivity contribution in [3.05, 3.63) is 60.2 Å². The van der Waals surface area contributed by atoms with E-state index in [1.807, 2.05) is 0 Å². The van der Waals surface area contributed by atoms with Crippen LogP contribution >= 0.6 is 0 Å². The molecular weight excluding hydrogens is 448 g/mol. The molecule has 0 aromatic heterocycles. The fourth-order valence-corrected chi connectivity index (χ4v) is 5.36. The number of hydrogen-bond acceptors (Lipinski definition) is 6. The van der Waals surface area contributed by atoms with E-state index in [-0.39, 0.29) is 17.9 Å². The van der Waals surface area contributed by atoms with Crippen LogP contribution in [0.5, 0.6) is 5.75 Å². The van der Waals surface area contributed by atoms with Gasteiger partial charge in [-0.2, -0.15) is 4.31 Å². The van der Waals surface area contributed by atoms with Gasteiger partial charge in [0, 0.05) is 20.1 Å². The summed E-state index contributed by atoms with van der Waals surface area (Å²) in [6.07, 6.45) is 0.905. The molecule has 0 unspecified atom stereocenters. The number of nitrogens with zero attached hydrogens (tertiary/aromatic N) is 1. The maximum Gasteiger partial charge on any atom is 0.326 e. The maximum absolute atomic E-state index is 13.0. The van der Waals surface area contributed by atoms with Crippen LogP contribution in [0.4, 0.5) is 0 Å². The minimum absolute atomic E-state index is 0.0532. The minimum Gasteiger partial charge on any atom is -0.491 e. The second kappa shape index (κ2) is 11.3. The molecule has 10 heteroatoms. The third-order valence-corrected chi connectivity index (χ3v) is 7.31. The van der Waals surface area contributed by atoms with Gasteiger partial charge in [0.25, 0.3) is 0 Å². The second-order valence-corrected chi connectivity index (χ2v) is 9.57. The number of carbonyl (C=O) groups is 2. The fourth-order valence-electron chi connectivity index (χ4n) is 3.69. The van der Waals surface area contributed by atoms with Gasteiger partial charge in [-0.05, 0) is 42.7 Å². The molecule has 1 amide bonds. The van der Waals surface area contributed by atoms with E-state index in [2.05, 4.69) is 5.32 Å². The third kappa shape index (κ3) is 6.31. The highest BCUT2D eigenvalue weighted by atomic mass is 32.2. The van der Waals surface area contributed by atoms with Crippen LogP contribution in [0.3, 0.4) is 0 Å². The molecule has 2 aromatic carbocycles. The molecule has 3 rings (SSSR count). The van der Waals surface area contributed by atoms with Gasteiger partial charge in [0.15, 0.2) is 0 Å². The molecule has 33 heavy (non-hydrogen) atoms. The summed E-state index contributed by atoms with van der Waals surface area (Å²) < 4.78 is 37.6. The average molecular weight is 477 g/mol. The number of benzene rings is 2. The number of aliphatic carboxylic acids is 1. The van der Waals surface area contributed by atoms with E-state index in [1.165, 1.54) is 12.1 Å². The molecule has 2 atom stereocenters. The summed E-state index contributed by atoms with van der Waals surface area (Å²) in [4.78, 5) is 24.8. The molecule has 2 aromatic rings. The average Bonchev–Trinajstić information content (AvgIpc) is 3.31. The van der Waals surface area contributed by atoms with E-state index in [4.69, 9.17) is 9.47 Å². The molecule has 9 nitrogen and oxygen atoms in total. The summed E-state index contributed by atoms with van der Waals surface area (Å²) >= 11 is 0. The Morgan fingerprint density at radius 3 is 2.45 bits per heavy atom. The Kier molecular flexibility index (Phi) is 8.43. The first-order valence-corrected chi connectivity index (χ1v) is 12.1. The largest absolute Gasteiger partial charge is 0.491 e. The first-order chi connectivity index (χ1) is 15.8. The van der Waals surface area contributed by atoms with Gasteiger partial charge < -0.3 is 19.9 Å². The Labute approximate surface area is 193 Å². The smallest absolute Gasteiger partial charge is 0.326 e. The fraction of sp³-hybridized carbons (Fsp3) is 0.391. The summed E-state index contributed by atoms with van der Waals surface area (Å²) in [7, 11) is -2.28. The molecule has 1 saturated heterocycles. The number of rotatable bonds is 11. The zero-order valence-corrected chi connectivity index (χ0v) is 19.2. The van der Waals surface area contributed by atoms with E-state index in [1.54, 1.807) is 49.6 Å².